The predicted octanol–water partition coefficient (Wildman–Crippen LogP) is -0.391. The first-order valence-electron chi connectivity index (χ1n) is 5.36. The second-order valence-electron chi connectivity index (χ2n) is 4.08. The Labute approximate surface area is 106 Å². The molecule has 0 atom stereocenters. The largest absolute Gasteiger partial charge is 0.438 e. The zero-order valence-corrected chi connectivity index (χ0v) is 11.2. The number of carbonyl (C=O) groups is 1. The normalized spacial score (nSPS) is 11.8. The highest BCUT2D eigenvalue weighted by Gasteiger charge is 2.16. The number of furan rings is 1. The van der Waals surface area contributed by atoms with Gasteiger partial charge in [0.15, 0.2) is 5.76 Å². The minimum absolute atomic E-state index is 0.0659. The molecule has 0 unspecified atom stereocenters. The smallest absolute Gasteiger partial charge is 0.287 e. The van der Waals surface area contributed by atoms with Crippen LogP contribution in [0.25, 0.3) is 0 Å². The lowest BCUT2D eigenvalue weighted by atomic mass is 10.3. The molecule has 1 rings (SSSR count). The van der Waals surface area contributed by atoms with Gasteiger partial charge >= 0.3 is 0 Å². The van der Waals surface area contributed by atoms with E-state index in [1.165, 1.54) is 6.07 Å². The maximum atomic E-state index is 11.6. The van der Waals surface area contributed by atoms with Gasteiger partial charge in [0.25, 0.3) is 15.9 Å². The molecular formula is C10H17N3O4S. The minimum atomic E-state index is -3.91. The average Bonchev–Trinajstić information content (AvgIpc) is 2.72. The highest BCUT2D eigenvalue weighted by atomic mass is 32.2. The molecule has 102 valence electrons. The number of sulfonamides is 1. The zero-order valence-electron chi connectivity index (χ0n) is 10.3. The van der Waals surface area contributed by atoms with Gasteiger partial charge in [0, 0.05) is 6.54 Å². The summed E-state index contributed by atoms with van der Waals surface area (Å²) in [7, 11) is -0.0308. The number of carbonyl (C=O) groups excluding carboxylic acids is 1. The molecule has 1 aromatic heterocycles. The van der Waals surface area contributed by atoms with Crippen molar-refractivity contribution in [2.75, 3.05) is 27.2 Å². The predicted molar refractivity (Wildman–Crippen MR) is 65.6 cm³/mol. The van der Waals surface area contributed by atoms with Crippen LogP contribution in [0.1, 0.15) is 17.0 Å². The Bertz CT molecular complexity index is 507. The highest BCUT2D eigenvalue weighted by molar-refractivity contribution is 7.89. The van der Waals surface area contributed by atoms with Crippen molar-refractivity contribution in [1.29, 1.82) is 0 Å². The van der Waals surface area contributed by atoms with Crippen molar-refractivity contribution in [2.45, 2.75) is 11.5 Å². The van der Waals surface area contributed by atoms with E-state index in [0.29, 0.717) is 6.54 Å². The molecular weight excluding hydrogens is 258 g/mol. The molecule has 8 heteroatoms. The van der Waals surface area contributed by atoms with Crippen LogP contribution in [0.4, 0.5) is 0 Å². The summed E-state index contributed by atoms with van der Waals surface area (Å²) < 4.78 is 26.8. The van der Waals surface area contributed by atoms with Gasteiger partial charge in [-0.3, -0.25) is 4.79 Å². The Morgan fingerprint density at radius 2 is 2.11 bits per heavy atom. The van der Waals surface area contributed by atoms with Gasteiger partial charge in [-0.2, -0.15) is 0 Å². The molecule has 7 nitrogen and oxygen atoms in total. The maximum Gasteiger partial charge on any atom is 0.287 e. The molecule has 3 N–H and O–H groups in total. The van der Waals surface area contributed by atoms with E-state index < -0.39 is 21.0 Å². The van der Waals surface area contributed by atoms with E-state index in [-0.39, 0.29) is 5.76 Å². The van der Waals surface area contributed by atoms with Crippen molar-refractivity contribution in [3.05, 3.63) is 17.9 Å². The van der Waals surface area contributed by atoms with E-state index in [0.717, 1.165) is 19.0 Å². The van der Waals surface area contributed by atoms with Crippen molar-refractivity contribution in [3.63, 3.8) is 0 Å². The summed E-state index contributed by atoms with van der Waals surface area (Å²) in [5.74, 6) is -0.521. The fraction of sp³-hybridized carbons (Fsp3) is 0.500. The first kappa shape index (κ1) is 14.7. The minimum Gasteiger partial charge on any atom is -0.438 e. The summed E-state index contributed by atoms with van der Waals surface area (Å²) in [5.41, 5.74) is 0. The summed E-state index contributed by atoms with van der Waals surface area (Å²) in [5, 5.41) is 7.07. The quantitative estimate of drug-likeness (QED) is 0.688. The number of primary sulfonamides is 1. The summed E-state index contributed by atoms with van der Waals surface area (Å²) >= 11 is 0. The average molecular weight is 275 g/mol. The number of nitrogens with zero attached hydrogens (tertiary/aromatic N) is 1. The van der Waals surface area contributed by atoms with E-state index in [1.54, 1.807) is 0 Å². The van der Waals surface area contributed by atoms with Crippen molar-refractivity contribution in [2.24, 2.45) is 5.14 Å². The molecule has 0 radical (unpaired) electrons. The van der Waals surface area contributed by atoms with Crippen molar-refractivity contribution in [3.8, 4) is 0 Å². The molecule has 1 aromatic rings. The van der Waals surface area contributed by atoms with Gasteiger partial charge in [-0.05, 0) is 39.2 Å². The van der Waals surface area contributed by atoms with E-state index in [2.05, 4.69) is 5.32 Å². The Morgan fingerprint density at radius 3 is 2.61 bits per heavy atom. The molecule has 0 aliphatic carbocycles. The van der Waals surface area contributed by atoms with E-state index in [4.69, 9.17) is 9.56 Å². The maximum absolute atomic E-state index is 11.6. The Hall–Kier alpha value is -1.38. The SMILES string of the molecule is CN(C)CCCNC(=O)c1ccc(S(N)(=O)=O)o1. The van der Waals surface area contributed by atoms with Gasteiger partial charge < -0.3 is 14.6 Å². The van der Waals surface area contributed by atoms with Crippen LogP contribution in [0.5, 0.6) is 0 Å². The third kappa shape index (κ3) is 4.47. The zero-order chi connectivity index (χ0) is 13.8. The van der Waals surface area contributed by atoms with Crippen LogP contribution >= 0.6 is 0 Å². The molecule has 0 aromatic carbocycles. The monoisotopic (exact) mass is 275 g/mol. The summed E-state index contributed by atoms with van der Waals surface area (Å²) in [6, 6.07) is 2.44. The fourth-order valence-electron chi connectivity index (χ4n) is 1.28. The van der Waals surface area contributed by atoms with E-state index in [1.807, 2.05) is 19.0 Å². The molecule has 0 saturated carbocycles. The van der Waals surface area contributed by atoms with Crippen LogP contribution in [0.15, 0.2) is 21.6 Å². The van der Waals surface area contributed by atoms with Crippen molar-refractivity contribution >= 4 is 15.9 Å². The van der Waals surface area contributed by atoms with Crippen LogP contribution in [0.3, 0.4) is 0 Å². The Balaban J connectivity index is 2.50. The van der Waals surface area contributed by atoms with Crippen LogP contribution in [0.2, 0.25) is 0 Å². The topological polar surface area (TPSA) is 106 Å². The number of amides is 1. The van der Waals surface area contributed by atoms with Gasteiger partial charge in [0.1, 0.15) is 0 Å². The molecule has 0 saturated heterocycles. The third-order valence-corrected chi connectivity index (χ3v) is 2.93. The summed E-state index contributed by atoms with van der Waals surface area (Å²) in [6.07, 6.45) is 0.793. The third-order valence-electron chi connectivity index (χ3n) is 2.15. The number of hydrogen-bond acceptors (Lipinski definition) is 5. The second-order valence-corrected chi connectivity index (χ2v) is 5.57. The van der Waals surface area contributed by atoms with Gasteiger partial charge in [-0.15, -0.1) is 0 Å². The number of nitrogens with two attached hydrogens (primary N) is 1. The van der Waals surface area contributed by atoms with Crippen LogP contribution in [-0.4, -0.2) is 46.4 Å². The first-order chi connectivity index (χ1) is 8.30. The number of hydrogen-bond donors (Lipinski definition) is 2. The lowest BCUT2D eigenvalue weighted by Crippen LogP contribution is -2.26. The Kier molecular flexibility index (Phi) is 4.88. The molecule has 0 aliphatic rings. The molecule has 0 fully saturated rings. The molecule has 18 heavy (non-hydrogen) atoms. The Morgan fingerprint density at radius 1 is 1.44 bits per heavy atom. The van der Waals surface area contributed by atoms with Crippen molar-refractivity contribution < 1.29 is 17.6 Å². The summed E-state index contributed by atoms with van der Waals surface area (Å²) in [6.45, 7) is 1.34. The molecule has 0 bridgehead atoms. The highest BCUT2D eigenvalue weighted by Crippen LogP contribution is 2.11. The molecule has 1 heterocycles. The molecule has 0 spiro atoms. The van der Waals surface area contributed by atoms with E-state index in [9.17, 15) is 13.2 Å². The number of nitrogens with one attached hydrogen (secondary N) is 1. The second kappa shape index (κ2) is 5.98. The summed E-state index contributed by atoms with van der Waals surface area (Å²) in [4.78, 5) is 13.6. The lowest BCUT2D eigenvalue weighted by Gasteiger charge is -2.09. The van der Waals surface area contributed by atoms with Gasteiger partial charge in [0.05, 0.1) is 0 Å². The van der Waals surface area contributed by atoms with Gasteiger partial charge in [-0.25, -0.2) is 13.6 Å². The van der Waals surface area contributed by atoms with Crippen molar-refractivity contribution in [1.82, 2.24) is 10.2 Å². The van der Waals surface area contributed by atoms with E-state index >= 15 is 0 Å². The van der Waals surface area contributed by atoms with Gasteiger partial charge in [0.2, 0.25) is 5.09 Å². The van der Waals surface area contributed by atoms with Crippen LogP contribution in [-0.2, 0) is 10.0 Å². The van der Waals surface area contributed by atoms with Crippen LogP contribution in [0, 0.1) is 0 Å². The standard InChI is InChI=1S/C10H17N3O4S/c1-13(2)7-3-6-12-10(14)8-4-5-9(17-8)18(11,15)16/h4-5H,3,6-7H2,1-2H3,(H,12,14)(H2,11,15,16). The lowest BCUT2D eigenvalue weighted by molar-refractivity contribution is 0.0919. The van der Waals surface area contributed by atoms with Crippen LogP contribution < -0.4 is 10.5 Å². The molecule has 1 amide bonds. The fourth-order valence-corrected chi connectivity index (χ4v) is 1.74. The van der Waals surface area contributed by atoms with Gasteiger partial charge in [-0.1, -0.05) is 0 Å². The molecule has 0 aliphatic heterocycles. The number of rotatable bonds is 6. The first-order valence-corrected chi connectivity index (χ1v) is 6.91.